The van der Waals surface area contributed by atoms with E-state index in [1.165, 1.54) is 12.1 Å². The lowest BCUT2D eigenvalue weighted by atomic mass is 10.1. The van der Waals surface area contributed by atoms with Crippen molar-refractivity contribution in [2.24, 2.45) is 0 Å². The van der Waals surface area contributed by atoms with Crippen molar-refractivity contribution in [1.29, 1.82) is 0 Å². The first-order valence-electron chi connectivity index (χ1n) is 5.55. The van der Waals surface area contributed by atoms with Gasteiger partial charge in [-0.3, -0.25) is 0 Å². The van der Waals surface area contributed by atoms with Crippen LogP contribution in [0.25, 0.3) is 0 Å². The van der Waals surface area contributed by atoms with Crippen LogP contribution in [0.15, 0.2) is 30.3 Å². The molecule has 0 amide bonds. The standard InChI is InChI=1S/C14H14ClFN2/c1-8-3-10(16)6-11(4-8)18-14-7-12(15)13(17)5-9(14)2/h3-7,18H,17H2,1-2H3. The molecule has 0 spiro atoms. The number of anilines is 3. The maximum absolute atomic E-state index is 13.3. The molecule has 0 unspecified atom stereocenters. The fraction of sp³-hybridized carbons (Fsp3) is 0.143. The van der Waals surface area contributed by atoms with E-state index in [-0.39, 0.29) is 5.82 Å². The van der Waals surface area contributed by atoms with E-state index in [4.69, 9.17) is 17.3 Å². The number of nitrogen functional groups attached to an aromatic ring is 1. The van der Waals surface area contributed by atoms with Gasteiger partial charge in [0.1, 0.15) is 5.82 Å². The van der Waals surface area contributed by atoms with E-state index < -0.39 is 0 Å². The SMILES string of the molecule is Cc1cc(F)cc(Nc2cc(Cl)c(N)cc2C)c1. The van der Waals surface area contributed by atoms with Crippen molar-refractivity contribution in [3.05, 3.63) is 52.3 Å². The number of nitrogens with two attached hydrogens (primary N) is 1. The highest BCUT2D eigenvalue weighted by atomic mass is 35.5. The molecule has 2 aromatic rings. The van der Waals surface area contributed by atoms with Crippen molar-refractivity contribution >= 4 is 28.7 Å². The molecule has 18 heavy (non-hydrogen) atoms. The Balaban J connectivity index is 2.36. The van der Waals surface area contributed by atoms with E-state index >= 15 is 0 Å². The zero-order valence-electron chi connectivity index (χ0n) is 10.2. The third kappa shape index (κ3) is 2.74. The molecule has 2 aromatic carbocycles. The molecule has 0 radical (unpaired) electrons. The predicted octanol–water partition coefficient (Wildman–Crippen LogP) is 4.42. The molecule has 0 fully saturated rings. The summed E-state index contributed by atoms with van der Waals surface area (Å²) in [5, 5.41) is 3.62. The van der Waals surface area contributed by atoms with E-state index in [0.29, 0.717) is 16.4 Å². The second-order valence-electron chi connectivity index (χ2n) is 4.33. The molecule has 0 heterocycles. The molecule has 2 rings (SSSR count). The minimum atomic E-state index is -0.267. The summed E-state index contributed by atoms with van der Waals surface area (Å²) in [6, 6.07) is 8.32. The summed E-state index contributed by atoms with van der Waals surface area (Å²) >= 11 is 5.98. The Kier molecular flexibility index (Phi) is 3.43. The van der Waals surface area contributed by atoms with Gasteiger partial charge in [-0.2, -0.15) is 0 Å². The maximum Gasteiger partial charge on any atom is 0.125 e. The van der Waals surface area contributed by atoms with Crippen molar-refractivity contribution < 1.29 is 4.39 Å². The lowest BCUT2D eigenvalue weighted by molar-refractivity contribution is 0.627. The van der Waals surface area contributed by atoms with Gasteiger partial charge in [0.05, 0.1) is 10.7 Å². The monoisotopic (exact) mass is 264 g/mol. The molecule has 0 bridgehead atoms. The highest BCUT2D eigenvalue weighted by Crippen LogP contribution is 2.29. The highest BCUT2D eigenvalue weighted by Gasteiger charge is 2.05. The second kappa shape index (κ2) is 4.86. The summed E-state index contributed by atoms with van der Waals surface area (Å²) in [6.07, 6.45) is 0. The minimum Gasteiger partial charge on any atom is -0.398 e. The third-order valence-corrected chi connectivity index (χ3v) is 2.99. The van der Waals surface area contributed by atoms with Crippen LogP contribution in [0.1, 0.15) is 11.1 Å². The lowest BCUT2D eigenvalue weighted by Gasteiger charge is -2.12. The van der Waals surface area contributed by atoms with Gasteiger partial charge in [0.2, 0.25) is 0 Å². The topological polar surface area (TPSA) is 38.0 Å². The van der Waals surface area contributed by atoms with Gasteiger partial charge in [-0.05, 0) is 55.3 Å². The zero-order valence-corrected chi connectivity index (χ0v) is 11.0. The van der Waals surface area contributed by atoms with E-state index in [9.17, 15) is 4.39 Å². The van der Waals surface area contributed by atoms with Crippen LogP contribution < -0.4 is 11.1 Å². The lowest BCUT2D eigenvalue weighted by Crippen LogP contribution is -1.96. The van der Waals surface area contributed by atoms with E-state index in [1.54, 1.807) is 12.1 Å². The summed E-state index contributed by atoms with van der Waals surface area (Å²) in [7, 11) is 0. The number of aryl methyl sites for hydroxylation is 2. The van der Waals surface area contributed by atoms with Crippen LogP contribution in [0, 0.1) is 19.7 Å². The molecule has 4 heteroatoms. The Hall–Kier alpha value is -1.74. The van der Waals surface area contributed by atoms with Crippen LogP contribution in [0.5, 0.6) is 0 Å². The summed E-state index contributed by atoms with van der Waals surface area (Å²) in [5.41, 5.74) is 9.57. The molecule has 2 nitrogen and oxygen atoms in total. The molecular weight excluding hydrogens is 251 g/mol. The first-order chi connectivity index (χ1) is 8.45. The Morgan fingerprint density at radius 1 is 1.11 bits per heavy atom. The molecule has 0 aliphatic carbocycles. The summed E-state index contributed by atoms with van der Waals surface area (Å²) in [4.78, 5) is 0. The number of hydrogen-bond donors (Lipinski definition) is 2. The Labute approximate surface area is 111 Å². The fourth-order valence-electron chi connectivity index (χ4n) is 1.80. The molecular formula is C14H14ClFN2. The highest BCUT2D eigenvalue weighted by molar-refractivity contribution is 6.33. The first kappa shape index (κ1) is 12.7. The molecule has 0 aliphatic rings. The van der Waals surface area contributed by atoms with E-state index in [2.05, 4.69) is 5.32 Å². The van der Waals surface area contributed by atoms with Gasteiger partial charge in [-0.25, -0.2) is 4.39 Å². The van der Waals surface area contributed by atoms with E-state index in [1.807, 2.05) is 19.9 Å². The fourth-order valence-corrected chi connectivity index (χ4v) is 1.97. The maximum atomic E-state index is 13.3. The average Bonchev–Trinajstić information content (AvgIpc) is 2.24. The number of nitrogens with one attached hydrogen (secondary N) is 1. The van der Waals surface area contributed by atoms with Crippen LogP contribution in [0.3, 0.4) is 0 Å². The normalized spacial score (nSPS) is 10.4. The molecule has 0 aliphatic heterocycles. The largest absolute Gasteiger partial charge is 0.398 e. The summed E-state index contributed by atoms with van der Waals surface area (Å²) in [5.74, 6) is -0.267. The van der Waals surface area contributed by atoms with Crippen molar-refractivity contribution in [3.8, 4) is 0 Å². The third-order valence-electron chi connectivity index (χ3n) is 2.66. The Morgan fingerprint density at radius 2 is 1.83 bits per heavy atom. The van der Waals surface area contributed by atoms with Crippen molar-refractivity contribution in [2.75, 3.05) is 11.1 Å². The van der Waals surface area contributed by atoms with Gasteiger partial charge in [0.25, 0.3) is 0 Å². The van der Waals surface area contributed by atoms with Gasteiger partial charge in [0.15, 0.2) is 0 Å². The van der Waals surface area contributed by atoms with Gasteiger partial charge in [-0.1, -0.05) is 11.6 Å². The number of benzene rings is 2. The quantitative estimate of drug-likeness (QED) is 0.788. The molecule has 0 saturated heterocycles. The molecule has 0 saturated carbocycles. The van der Waals surface area contributed by atoms with Gasteiger partial charge in [-0.15, -0.1) is 0 Å². The van der Waals surface area contributed by atoms with Crippen LogP contribution in [-0.2, 0) is 0 Å². The van der Waals surface area contributed by atoms with Crippen molar-refractivity contribution in [1.82, 2.24) is 0 Å². The minimum absolute atomic E-state index is 0.267. The first-order valence-corrected chi connectivity index (χ1v) is 5.93. The Bertz CT molecular complexity index is 576. The smallest absolute Gasteiger partial charge is 0.125 e. The number of rotatable bonds is 2. The van der Waals surface area contributed by atoms with Crippen molar-refractivity contribution in [2.45, 2.75) is 13.8 Å². The molecule has 0 aromatic heterocycles. The zero-order chi connectivity index (χ0) is 13.3. The summed E-state index contributed by atoms with van der Waals surface area (Å²) < 4.78 is 13.3. The molecule has 0 atom stereocenters. The number of halogens is 2. The van der Waals surface area contributed by atoms with Crippen molar-refractivity contribution in [3.63, 3.8) is 0 Å². The molecule has 94 valence electrons. The van der Waals surface area contributed by atoms with Gasteiger partial charge in [0, 0.05) is 11.4 Å². The van der Waals surface area contributed by atoms with Crippen LogP contribution in [-0.4, -0.2) is 0 Å². The molecule has 3 N–H and O–H groups in total. The average molecular weight is 265 g/mol. The van der Waals surface area contributed by atoms with Gasteiger partial charge < -0.3 is 11.1 Å². The van der Waals surface area contributed by atoms with Gasteiger partial charge >= 0.3 is 0 Å². The van der Waals surface area contributed by atoms with Crippen LogP contribution in [0.2, 0.25) is 5.02 Å². The summed E-state index contributed by atoms with van der Waals surface area (Å²) in [6.45, 7) is 3.76. The second-order valence-corrected chi connectivity index (χ2v) is 4.74. The van der Waals surface area contributed by atoms with Crippen LogP contribution >= 0.6 is 11.6 Å². The van der Waals surface area contributed by atoms with Crippen LogP contribution in [0.4, 0.5) is 21.5 Å². The number of hydrogen-bond acceptors (Lipinski definition) is 2. The predicted molar refractivity (Wildman–Crippen MR) is 75.0 cm³/mol. The van der Waals surface area contributed by atoms with E-state index in [0.717, 1.165) is 16.8 Å². The Morgan fingerprint density at radius 3 is 2.50 bits per heavy atom.